The minimum absolute atomic E-state index is 0.219. The molecule has 1 heterocycles. The predicted octanol–water partition coefficient (Wildman–Crippen LogP) is 2.59. The topological polar surface area (TPSA) is 68.0 Å². The summed E-state index contributed by atoms with van der Waals surface area (Å²) in [6, 6.07) is 13.6. The lowest BCUT2D eigenvalue weighted by Gasteiger charge is -2.12. The number of nitrogens with one attached hydrogen (secondary N) is 1. The van der Waals surface area contributed by atoms with Crippen LogP contribution in [0.5, 0.6) is 0 Å². The summed E-state index contributed by atoms with van der Waals surface area (Å²) in [7, 11) is 0. The Morgan fingerprint density at radius 3 is 2.70 bits per heavy atom. The van der Waals surface area contributed by atoms with Gasteiger partial charge >= 0.3 is 0 Å². The summed E-state index contributed by atoms with van der Waals surface area (Å²) in [5, 5.41) is 2.86. The van der Waals surface area contributed by atoms with Crippen molar-refractivity contribution in [1.29, 1.82) is 0 Å². The fourth-order valence-electron chi connectivity index (χ4n) is 2.04. The van der Waals surface area contributed by atoms with E-state index < -0.39 is 0 Å². The number of hydrogen-bond donors (Lipinski definition) is 2. The molecule has 104 valence electrons. The quantitative estimate of drug-likeness (QED) is 0.876. The number of anilines is 1. The van der Waals surface area contributed by atoms with Gasteiger partial charge in [0.05, 0.1) is 5.69 Å². The van der Waals surface area contributed by atoms with Gasteiger partial charge in [-0.1, -0.05) is 37.3 Å². The maximum atomic E-state index is 11.9. The molecule has 1 amide bonds. The number of nitrogens with zero attached hydrogens (tertiary/aromatic N) is 1. The second kappa shape index (κ2) is 6.70. The van der Waals surface area contributed by atoms with Crippen LogP contribution < -0.4 is 11.1 Å². The number of hydrogen-bond acceptors (Lipinski definition) is 3. The number of carbonyl (C=O) groups is 1. The second-order valence-corrected chi connectivity index (χ2v) is 4.80. The monoisotopic (exact) mass is 269 g/mol. The Bertz CT molecular complexity index is 569. The zero-order valence-electron chi connectivity index (χ0n) is 11.5. The smallest absolute Gasteiger partial charge is 0.272 e. The van der Waals surface area contributed by atoms with Crippen molar-refractivity contribution < 1.29 is 4.79 Å². The summed E-state index contributed by atoms with van der Waals surface area (Å²) in [4.78, 5) is 15.9. The van der Waals surface area contributed by atoms with Crippen molar-refractivity contribution in [2.45, 2.75) is 19.3 Å². The first-order valence-corrected chi connectivity index (χ1v) is 6.72. The van der Waals surface area contributed by atoms with Gasteiger partial charge in [-0.15, -0.1) is 0 Å². The molecule has 0 radical (unpaired) electrons. The molecule has 1 aromatic heterocycles. The predicted molar refractivity (Wildman–Crippen MR) is 80.5 cm³/mol. The van der Waals surface area contributed by atoms with Crippen LogP contribution >= 0.6 is 0 Å². The van der Waals surface area contributed by atoms with E-state index in [1.807, 2.05) is 18.2 Å². The van der Waals surface area contributed by atoms with Gasteiger partial charge in [0, 0.05) is 12.7 Å². The molecule has 1 unspecified atom stereocenters. The molecule has 0 spiro atoms. The Labute approximate surface area is 119 Å². The highest BCUT2D eigenvalue weighted by Crippen LogP contribution is 2.17. The van der Waals surface area contributed by atoms with E-state index in [9.17, 15) is 4.79 Å². The molecule has 1 aromatic carbocycles. The SMILES string of the molecule is CC(CCNC(=O)c1ncccc1N)c1ccccc1. The Balaban J connectivity index is 1.84. The molecule has 0 saturated heterocycles. The molecule has 3 N–H and O–H groups in total. The molecule has 4 nitrogen and oxygen atoms in total. The lowest BCUT2D eigenvalue weighted by atomic mass is 9.98. The van der Waals surface area contributed by atoms with Crippen molar-refractivity contribution in [3.05, 3.63) is 59.9 Å². The molecule has 0 aliphatic carbocycles. The van der Waals surface area contributed by atoms with Gasteiger partial charge in [-0.25, -0.2) is 4.98 Å². The van der Waals surface area contributed by atoms with E-state index in [1.54, 1.807) is 18.3 Å². The summed E-state index contributed by atoms with van der Waals surface area (Å²) in [6.45, 7) is 2.75. The van der Waals surface area contributed by atoms with Gasteiger partial charge in [-0.3, -0.25) is 4.79 Å². The first-order valence-electron chi connectivity index (χ1n) is 6.72. The molecule has 2 aromatic rings. The number of carbonyl (C=O) groups excluding carboxylic acids is 1. The zero-order chi connectivity index (χ0) is 14.4. The molecule has 0 fully saturated rings. The largest absolute Gasteiger partial charge is 0.397 e. The lowest BCUT2D eigenvalue weighted by molar-refractivity contribution is 0.0948. The fourth-order valence-corrected chi connectivity index (χ4v) is 2.04. The lowest BCUT2D eigenvalue weighted by Crippen LogP contribution is -2.27. The molecule has 0 saturated carbocycles. The summed E-state index contributed by atoms with van der Waals surface area (Å²) in [5.74, 6) is 0.181. The summed E-state index contributed by atoms with van der Waals surface area (Å²) < 4.78 is 0. The highest BCUT2D eigenvalue weighted by molar-refractivity contribution is 5.96. The molecular formula is C16H19N3O. The van der Waals surface area contributed by atoms with Gasteiger partial charge < -0.3 is 11.1 Å². The van der Waals surface area contributed by atoms with Crippen LogP contribution in [-0.2, 0) is 0 Å². The Morgan fingerprint density at radius 2 is 2.00 bits per heavy atom. The number of amides is 1. The van der Waals surface area contributed by atoms with E-state index in [2.05, 4.69) is 29.4 Å². The highest BCUT2D eigenvalue weighted by Gasteiger charge is 2.11. The fraction of sp³-hybridized carbons (Fsp3) is 0.250. The summed E-state index contributed by atoms with van der Waals surface area (Å²) in [6.07, 6.45) is 2.44. The van der Waals surface area contributed by atoms with Crippen LogP contribution in [0.25, 0.3) is 0 Å². The van der Waals surface area contributed by atoms with Crippen molar-refractivity contribution in [3.63, 3.8) is 0 Å². The third-order valence-corrected chi connectivity index (χ3v) is 3.29. The van der Waals surface area contributed by atoms with Crippen molar-refractivity contribution in [1.82, 2.24) is 10.3 Å². The molecular weight excluding hydrogens is 250 g/mol. The number of pyridine rings is 1. The van der Waals surface area contributed by atoms with Crippen molar-refractivity contribution in [2.24, 2.45) is 0 Å². The van der Waals surface area contributed by atoms with E-state index in [0.717, 1.165) is 6.42 Å². The Kier molecular flexibility index (Phi) is 4.71. The van der Waals surface area contributed by atoms with Gasteiger partial charge in [0.1, 0.15) is 0 Å². The van der Waals surface area contributed by atoms with Gasteiger partial charge in [0.25, 0.3) is 5.91 Å². The average Bonchev–Trinajstić information content (AvgIpc) is 2.48. The minimum Gasteiger partial charge on any atom is -0.397 e. The first kappa shape index (κ1) is 14.1. The van der Waals surface area contributed by atoms with Crippen LogP contribution in [0.1, 0.15) is 35.3 Å². The standard InChI is InChI=1S/C16H19N3O/c1-12(13-6-3-2-4-7-13)9-11-19-16(20)15-14(17)8-5-10-18-15/h2-8,10,12H,9,11,17H2,1H3,(H,19,20). The molecule has 4 heteroatoms. The number of rotatable bonds is 5. The van der Waals surface area contributed by atoms with Gasteiger partial charge in [-0.2, -0.15) is 0 Å². The van der Waals surface area contributed by atoms with Gasteiger partial charge in [0.15, 0.2) is 5.69 Å². The van der Waals surface area contributed by atoms with Crippen LogP contribution in [0.15, 0.2) is 48.7 Å². The molecule has 2 rings (SSSR count). The Hall–Kier alpha value is -2.36. The molecule has 20 heavy (non-hydrogen) atoms. The summed E-state index contributed by atoms with van der Waals surface area (Å²) >= 11 is 0. The second-order valence-electron chi connectivity index (χ2n) is 4.80. The number of nitrogen functional groups attached to an aromatic ring is 1. The zero-order valence-corrected chi connectivity index (χ0v) is 11.5. The van der Waals surface area contributed by atoms with Gasteiger partial charge in [0.2, 0.25) is 0 Å². The summed E-state index contributed by atoms with van der Waals surface area (Å²) in [5.41, 5.74) is 7.69. The van der Waals surface area contributed by atoms with E-state index in [-0.39, 0.29) is 5.91 Å². The van der Waals surface area contributed by atoms with Crippen LogP contribution in [0.2, 0.25) is 0 Å². The molecule has 0 bridgehead atoms. The maximum Gasteiger partial charge on any atom is 0.272 e. The van der Waals surface area contributed by atoms with Crippen LogP contribution in [-0.4, -0.2) is 17.4 Å². The molecule has 1 atom stereocenters. The normalized spacial score (nSPS) is 11.8. The molecule has 0 aliphatic rings. The van der Waals surface area contributed by atoms with Gasteiger partial charge in [-0.05, 0) is 30.0 Å². The third-order valence-electron chi connectivity index (χ3n) is 3.29. The van der Waals surface area contributed by atoms with Crippen molar-refractivity contribution in [3.8, 4) is 0 Å². The van der Waals surface area contributed by atoms with E-state index in [4.69, 9.17) is 5.73 Å². The average molecular weight is 269 g/mol. The van der Waals surface area contributed by atoms with Crippen molar-refractivity contribution in [2.75, 3.05) is 12.3 Å². The van der Waals surface area contributed by atoms with E-state index >= 15 is 0 Å². The highest BCUT2D eigenvalue weighted by atomic mass is 16.1. The first-order chi connectivity index (χ1) is 9.68. The Morgan fingerprint density at radius 1 is 1.25 bits per heavy atom. The number of nitrogens with two attached hydrogens (primary N) is 1. The third kappa shape index (κ3) is 3.57. The van der Waals surface area contributed by atoms with Crippen LogP contribution in [0.3, 0.4) is 0 Å². The minimum atomic E-state index is -0.219. The van der Waals surface area contributed by atoms with E-state index in [1.165, 1.54) is 5.56 Å². The van der Waals surface area contributed by atoms with E-state index in [0.29, 0.717) is 23.8 Å². The number of benzene rings is 1. The number of aromatic nitrogens is 1. The van der Waals surface area contributed by atoms with Crippen LogP contribution in [0.4, 0.5) is 5.69 Å². The van der Waals surface area contributed by atoms with Crippen molar-refractivity contribution >= 4 is 11.6 Å². The van der Waals surface area contributed by atoms with Crippen LogP contribution in [0, 0.1) is 0 Å². The molecule has 0 aliphatic heterocycles. The maximum absolute atomic E-state index is 11.9.